The van der Waals surface area contributed by atoms with E-state index in [1.54, 1.807) is 6.20 Å². The lowest BCUT2D eigenvalue weighted by molar-refractivity contribution is 0.215. The molecule has 2 atom stereocenters. The minimum absolute atomic E-state index is 0.754. The van der Waals surface area contributed by atoms with E-state index >= 15 is 0 Å². The summed E-state index contributed by atoms with van der Waals surface area (Å²) in [4.78, 5) is 6.99. The number of nitrogen functional groups attached to an aromatic ring is 1. The van der Waals surface area contributed by atoms with E-state index in [0.717, 1.165) is 36.3 Å². The Kier molecular flexibility index (Phi) is 2.56. The molecule has 0 radical (unpaired) electrons. The number of hydrogen-bond donors (Lipinski definition) is 1. The van der Waals surface area contributed by atoms with Gasteiger partial charge in [0.2, 0.25) is 0 Å². The van der Waals surface area contributed by atoms with Gasteiger partial charge < -0.3 is 5.73 Å². The van der Waals surface area contributed by atoms with Crippen LogP contribution in [0.1, 0.15) is 25.0 Å². The van der Waals surface area contributed by atoms with Crippen molar-refractivity contribution < 1.29 is 0 Å². The standard InChI is InChI=1S/C13H19N3/c14-11-2-3-12(15-8-11)5-6-16-9-10-1-4-13(16)7-10/h2-3,8,10,13H,1,4-7,9,14H2. The molecule has 16 heavy (non-hydrogen) atoms. The van der Waals surface area contributed by atoms with Crippen LogP contribution in [-0.4, -0.2) is 29.0 Å². The maximum atomic E-state index is 5.62. The summed E-state index contributed by atoms with van der Waals surface area (Å²) in [6.45, 7) is 2.48. The predicted octanol–water partition coefficient (Wildman–Crippen LogP) is 1.69. The SMILES string of the molecule is Nc1ccc(CCN2CC3CCC2C3)nc1. The van der Waals surface area contributed by atoms with Crippen LogP contribution in [0.2, 0.25) is 0 Å². The van der Waals surface area contributed by atoms with Crippen LogP contribution in [0, 0.1) is 5.92 Å². The summed E-state index contributed by atoms with van der Waals surface area (Å²) in [6.07, 6.45) is 7.13. The molecule has 2 heterocycles. The highest BCUT2D eigenvalue weighted by atomic mass is 15.2. The van der Waals surface area contributed by atoms with Crippen molar-refractivity contribution in [3.63, 3.8) is 0 Å². The largest absolute Gasteiger partial charge is 0.397 e. The molecule has 3 nitrogen and oxygen atoms in total. The molecule has 3 heteroatoms. The topological polar surface area (TPSA) is 42.1 Å². The van der Waals surface area contributed by atoms with Crippen LogP contribution in [0.25, 0.3) is 0 Å². The fourth-order valence-corrected chi connectivity index (χ4v) is 3.14. The Morgan fingerprint density at radius 3 is 2.94 bits per heavy atom. The summed E-state index contributed by atoms with van der Waals surface area (Å²) < 4.78 is 0. The lowest BCUT2D eigenvalue weighted by atomic mass is 10.1. The predicted molar refractivity (Wildman–Crippen MR) is 65.1 cm³/mol. The van der Waals surface area contributed by atoms with Gasteiger partial charge in [-0.25, -0.2) is 0 Å². The molecular formula is C13H19N3. The first kappa shape index (κ1) is 10.1. The van der Waals surface area contributed by atoms with Gasteiger partial charge in [-0.2, -0.15) is 0 Å². The lowest BCUT2D eigenvalue weighted by Crippen LogP contribution is -2.33. The van der Waals surface area contributed by atoms with Crippen LogP contribution < -0.4 is 5.73 Å². The molecule has 86 valence electrons. The highest BCUT2D eigenvalue weighted by Gasteiger charge is 2.37. The smallest absolute Gasteiger partial charge is 0.0501 e. The lowest BCUT2D eigenvalue weighted by Gasteiger charge is -2.26. The number of pyridine rings is 1. The third-order valence-electron chi connectivity index (χ3n) is 4.03. The van der Waals surface area contributed by atoms with Crippen molar-refractivity contribution in [1.29, 1.82) is 0 Å². The van der Waals surface area contributed by atoms with Crippen molar-refractivity contribution in [2.24, 2.45) is 5.92 Å². The maximum Gasteiger partial charge on any atom is 0.0501 e. The van der Waals surface area contributed by atoms with Gasteiger partial charge in [-0.3, -0.25) is 9.88 Å². The van der Waals surface area contributed by atoms with E-state index in [4.69, 9.17) is 5.73 Å². The molecule has 1 saturated heterocycles. The van der Waals surface area contributed by atoms with Crippen LogP contribution in [0.3, 0.4) is 0 Å². The van der Waals surface area contributed by atoms with E-state index in [0.29, 0.717) is 0 Å². The second-order valence-electron chi connectivity index (χ2n) is 5.16. The van der Waals surface area contributed by atoms with Crippen molar-refractivity contribution in [1.82, 2.24) is 9.88 Å². The molecule has 1 aliphatic heterocycles. The number of rotatable bonds is 3. The van der Waals surface area contributed by atoms with E-state index in [9.17, 15) is 0 Å². The van der Waals surface area contributed by atoms with Crippen molar-refractivity contribution >= 4 is 5.69 Å². The summed E-state index contributed by atoms with van der Waals surface area (Å²) in [5, 5.41) is 0. The number of fused-ring (bicyclic) bond motifs is 2. The molecule has 1 aromatic heterocycles. The normalized spacial score (nSPS) is 28.8. The molecule has 1 aromatic rings. The molecule has 1 aliphatic carbocycles. The van der Waals surface area contributed by atoms with Gasteiger partial charge in [0.1, 0.15) is 0 Å². The molecule has 0 amide bonds. The van der Waals surface area contributed by atoms with Crippen LogP contribution in [0.15, 0.2) is 18.3 Å². The van der Waals surface area contributed by atoms with E-state index < -0.39 is 0 Å². The molecule has 2 unspecified atom stereocenters. The van der Waals surface area contributed by atoms with Crippen molar-refractivity contribution in [3.05, 3.63) is 24.0 Å². The third kappa shape index (κ3) is 1.92. The second kappa shape index (κ2) is 4.06. The van der Waals surface area contributed by atoms with Crippen molar-refractivity contribution in [2.45, 2.75) is 31.7 Å². The fraction of sp³-hybridized carbons (Fsp3) is 0.615. The van der Waals surface area contributed by atoms with E-state index in [1.165, 1.54) is 25.8 Å². The zero-order chi connectivity index (χ0) is 11.0. The molecule has 2 aliphatic rings. The first-order valence-corrected chi connectivity index (χ1v) is 6.26. The Balaban J connectivity index is 1.55. The molecular weight excluding hydrogens is 198 g/mol. The fourth-order valence-electron chi connectivity index (χ4n) is 3.14. The quantitative estimate of drug-likeness (QED) is 0.837. The second-order valence-corrected chi connectivity index (χ2v) is 5.16. The number of nitrogens with two attached hydrogens (primary N) is 1. The van der Waals surface area contributed by atoms with E-state index in [1.807, 2.05) is 12.1 Å². The van der Waals surface area contributed by atoms with Crippen LogP contribution in [-0.2, 0) is 6.42 Å². The van der Waals surface area contributed by atoms with Gasteiger partial charge in [0.25, 0.3) is 0 Å². The molecule has 0 aromatic carbocycles. The summed E-state index contributed by atoms with van der Waals surface area (Å²) in [5.74, 6) is 0.990. The van der Waals surface area contributed by atoms with E-state index in [2.05, 4.69) is 9.88 Å². The number of likely N-dealkylation sites (tertiary alicyclic amines) is 1. The Labute approximate surface area is 96.7 Å². The monoisotopic (exact) mass is 217 g/mol. The Morgan fingerprint density at radius 1 is 1.38 bits per heavy atom. The van der Waals surface area contributed by atoms with Gasteiger partial charge in [0.05, 0.1) is 11.9 Å². The van der Waals surface area contributed by atoms with E-state index in [-0.39, 0.29) is 0 Å². The van der Waals surface area contributed by atoms with Gasteiger partial charge >= 0.3 is 0 Å². The average molecular weight is 217 g/mol. The molecule has 1 saturated carbocycles. The summed E-state index contributed by atoms with van der Waals surface area (Å²) in [6, 6.07) is 4.86. The average Bonchev–Trinajstić information content (AvgIpc) is 2.90. The number of piperidine rings is 1. The zero-order valence-corrected chi connectivity index (χ0v) is 9.60. The first-order valence-electron chi connectivity index (χ1n) is 6.26. The number of aromatic nitrogens is 1. The Hall–Kier alpha value is -1.09. The first-order chi connectivity index (χ1) is 7.81. The minimum Gasteiger partial charge on any atom is -0.397 e. The summed E-state index contributed by atoms with van der Waals surface area (Å²) in [5.41, 5.74) is 7.54. The van der Waals surface area contributed by atoms with Crippen LogP contribution in [0.5, 0.6) is 0 Å². The zero-order valence-electron chi connectivity index (χ0n) is 9.60. The Bertz CT molecular complexity index is 360. The maximum absolute atomic E-state index is 5.62. The molecule has 2 fully saturated rings. The number of nitrogens with zero attached hydrogens (tertiary/aromatic N) is 2. The van der Waals surface area contributed by atoms with Crippen LogP contribution in [0.4, 0.5) is 5.69 Å². The van der Waals surface area contributed by atoms with Gasteiger partial charge in [-0.15, -0.1) is 0 Å². The number of hydrogen-bond acceptors (Lipinski definition) is 3. The third-order valence-corrected chi connectivity index (χ3v) is 4.03. The summed E-state index contributed by atoms with van der Waals surface area (Å²) in [7, 11) is 0. The molecule has 0 spiro atoms. The van der Waals surface area contributed by atoms with Crippen molar-refractivity contribution in [3.8, 4) is 0 Å². The van der Waals surface area contributed by atoms with Crippen LogP contribution >= 0.6 is 0 Å². The highest BCUT2D eigenvalue weighted by Crippen LogP contribution is 2.37. The Morgan fingerprint density at radius 2 is 2.31 bits per heavy atom. The van der Waals surface area contributed by atoms with Gasteiger partial charge in [-0.05, 0) is 37.3 Å². The molecule has 2 bridgehead atoms. The minimum atomic E-state index is 0.754. The molecule has 3 rings (SSSR count). The molecule has 2 N–H and O–H groups in total. The van der Waals surface area contributed by atoms with Gasteiger partial charge in [-0.1, -0.05) is 0 Å². The summed E-state index contributed by atoms with van der Waals surface area (Å²) >= 11 is 0. The number of anilines is 1. The van der Waals surface area contributed by atoms with Crippen molar-refractivity contribution in [2.75, 3.05) is 18.8 Å². The van der Waals surface area contributed by atoms with Gasteiger partial charge in [0, 0.05) is 31.2 Å². The van der Waals surface area contributed by atoms with Gasteiger partial charge in [0.15, 0.2) is 0 Å². The highest BCUT2D eigenvalue weighted by molar-refractivity contribution is 5.34.